The first kappa shape index (κ1) is 18.3. The molecule has 0 aliphatic heterocycles. The lowest BCUT2D eigenvalue weighted by molar-refractivity contribution is -0.123. The lowest BCUT2D eigenvalue weighted by Crippen LogP contribution is -2.30. The predicted octanol–water partition coefficient (Wildman–Crippen LogP) is 2.69. The second-order valence-electron chi connectivity index (χ2n) is 5.14. The number of hydrogen-bond acceptors (Lipinski definition) is 4. The number of carbonyl (C=O) groups is 1. The normalized spacial score (nSPS) is 10.3. The number of benzene rings is 2. The van der Waals surface area contributed by atoms with E-state index >= 15 is 0 Å². The zero-order chi connectivity index (χ0) is 17.4. The number of halogens is 1. The molecule has 0 aliphatic carbocycles. The van der Waals surface area contributed by atoms with Crippen molar-refractivity contribution in [2.45, 2.75) is 13.0 Å². The molecule has 0 bridgehead atoms. The number of ether oxygens (including phenoxy) is 2. The fraction of sp³-hybridized carbons (Fsp3) is 0.278. The predicted molar refractivity (Wildman–Crippen MR) is 95.3 cm³/mol. The van der Waals surface area contributed by atoms with Crippen LogP contribution in [0.5, 0.6) is 11.5 Å². The van der Waals surface area contributed by atoms with Crippen LogP contribution in [0.2, 0.25) is 0 Å². The van der Waals surface area contributed by atoms with E-state index in [4.69, 9.17) is 9.47 Å². The molecule has 2 aromatic carbocycles. The zero-order valence-electron chi connectivity index (χ0n) is 13.4. The molecule has 0 spiro atoms. The van der Waals surface area contributed by atoms with Gasteiger partial charge in [0.05, 0.1) is 18.2 Å². The second kappa shape index (κ2) is 9.30. The molecule has 0 aromatic heterocycles. The highest BCUT2D eigenvalue weighted by atomic mass is 79.9. The van der Waals surface area contributed by atoms with Crippen molar-refractivity contribution in [2.24, 2.45) is 0 Å². The molecule has 0 saturated carbocycles. The first-order chi connectivity index (χ1) is 11.6. The molecule has 5 nitrogen and oxygen atoms in total. The van der Waals surface area contributed by atoms with E-state index in [0.717, 1.165) is 6.42 Å². The van der Waals surface area contributed by atoms with Crippen LogP contribution in [0.1, 0.15) is 11.1 Å². The fourth-order valence-electron chi connectivity index (χ4n) is 2.18. The van der Waals surface area contributed by atoms with Crippen LogP contribution < -0.4 is 14.8 Å². The Labute approximate surface area is 149 Å². The number of carbonyl (C=O) groups excluding carboxylic acids is 1. The van der Waals surface area contributed by atoms with Crippen molar-refractivity contribution in [1.82, 2.24) is 5.32 Å². The highest BCUT2D eigenvalue weighted by Gasteiger charge is 2.13. The zero-order valence-corrected chi connectivity index (χ0v) is 15.0. The lowest BCUT2D eigenvalue weighted by Gasteiger charge is -2.14. The molecule has 0 radical (unpaired) electrons. The van der Waals surface area contributed by atoms with E-state index in [1.165, 1.54) is 12.7 Å². The number of aliphatic hydroxyl groups is 1. The van der Waals surface area contributed by atoms with Crippen molar-refractivity contribution in [3.63, 3.8) is 0 Å². The molecule has 2 N–H and O–H groups in total. The Hall–Kier alpha value is -2.05. The van der Waals surface area contributed by atoms with Gasteiger partial charge in [-0.3, -0.25) is 4.79 Å². The first-order valence-corrected chi connectivity index (χ1v) is 8.34. The summed E-state index contributed by atoms with van der Waals surface area (Å²) in [6, 6.07) is 13.3. The van der Waals surface area contributed by atoms with Gasteiger partial charge in [-0.2, -0.15) is 0 Å². The maximum Gasteiger partial charge on any atom is 0.257 e. The van der Waals surface area contributed by atoms with Gasteiger partial charge in [-0.25, -0.2) is 0 Å². The molecule has 0 aliphatic rings. The smallest absolute Gasteiger partial charge is 0.257 e. The highest BCUT2D eigenvalue weighted by Crippen LogP contribution is 2.36. The third-order valence-electron chi connectivity index (χ3n) is 3.40. The van der Waals surface area contributed by atoms with Crippen molar-refractivity contribution in [3.05, 3.63) is 58.1 Å². The Morgan fingerprint density at radius 2 is 1.96 bits per heavy atom. The molecular formula is C18H20BrNO4. The summed E-state index contributed by atoms with van der Waals surface area (Å²) >= 11 is 3.37. The molecule has 0 heterocycles. The highest BCUT2D eigenvalue weighted by molar-refractivity contribution is 9.10. The SMILES string of the molecule is COc1cc(CO)cc(Br)c1OCC(=O)NCCc1ccccc1. The Morgan fingerprint density at radius 1 is 1.21 bits per heavy atom. The second-order valence-corrected chi connectivity index (χ2v) is 6.00. The average Bonchev–Trinajstić information content (AvgIpc) is 2.60. The quantitative estimate of drug-likeness (QED) is 0.723. The molecule has 0 fully saturated rings. The summed E-state index contributed by atoms with van der Waals surface area (Å²) in [5.74, 6) is 0.699. The van der Waals surface area contributed by atoms with Crippen molar-refractivity contribution < 1.29 is 19.4 Å². The Balaban J connectivity index is 1.85. The number of rotatable bonds is 8. The number of aliphatic hydroxyl groups excluding tert-OH is 1. The molecule has 2 aromatic rings. The monoisotopic (exact) mass is 393 g/mol. The third-order valence-corrected chi connectivity index (χ3v) is 3.99. The van der Waals surface area contributed by atoms with E-state index in [-0.39, 0.29) is 19.1 Å². The van der Waals surface area contributed by atoms with Crippen molar-refractivity contribution in [1.29, 1.82) is 0 Å². The number of nitrogens with one attached hydrogen (secondary N) is 1. The molecule has 1 amide bonds. The topological polar surface area (TPSA) is 67.8 Å². The Morgan fingerprint density at radius 3 is 2.62 bits per heavy atom. The summed E-state index contributed by atoms with van der Waals surface area (Å²) in [6.07, 6.45) is 0.769. The Kier molecular flexibility index (Phi) is 7.08. The van der Waals surface area contributed by atoms with Crippen molar-refractivity contribution in [2.75, 3.05) is 20.3 Å². The fourth-order valence-corrected chi connectivity index (χ4v) is 2.79. The average molecular weight is 394 g/mol. The van der Waals surface area contributed by atoms with Crippen LogP contribution in [0.25, 0.3) is 0 Å². The summed E-state index contributed by atoms with van der Waals surface area (Å²) < 4.78 is 11.4. The summed E-state index contributed by atoms with van der Waals surface area (Å²) in [5, 5.41) is 12.0. The summed E-state index contributed by atoms with van der Waals surface area (Å²) in [4.78, 5) is 11.9. The van der Waals surface area contributed by atoms with Crippen LogP contribution in [0, 0.1) is 0 Å². The molecule has 2 rings (SSSR count). The van der Waals surface area contributed by atoms with E-state index in [1.54, 1.807) is 12.1 Å². The van der Waals surface area contributed by atoms with Crippen LogP contribution in [0.15, 0.2) is 46.9 Å². The van der Waals surface area contributed by atoms with Gasteiger partial charge in [0.1, 0.15) is 0 Å². The molecule has 0 unspecified atom stereocenters. The number of hydrogen-bond donors (Lipinski definition) is 2. The van der Waals surface area contributed by atoms with Crippen molar-refractivity contribution >= 4 is 21.8 Å². The first-order valence-electron chi connectivity index (χ1n) is 7.54. The molecule has 0 saturated heterocycles. The summed E-state index contributed by atoms with van der Waals surface area (Å²) in [7, 11) is 1.51. The van der Waals surface area contributed by atoms with Gasteiger partial charge in [-0.1, -0.05) is 30.3 Å². The van der Waals surface area contributed by atoms with Gasteiger partial charge in [-0.15, -0.1) is 0 Å². The molecule has 24 heavy (non-hydrogen) atoms. The minimum Gasteiger partial charge on any atom is -0.493 e. The van der Waals surface area contributed by atoms with Gasteiger partial charge in [0.2, 0.25) is 0 Å². The van der Waals surface area contributed by atoms with Gasteiger partial charge in [-0.05, 0) is 45.6 Å². The van der Waals surface area contributed by atoms with Gasteiger partial charge < -0.3 is 19.9 Å². The van der Waals surface area contributed by atoms with Crippen LogP contribution in [0.3, 0.4) is 0 Å². The summed E-state index contributed by atoms with van der Waals surface area (Å²) in [6.45, 7) is 0.339. The van der Waals surface area contributed by atoms with E-state index in [2.05, 4.69) is 21.2 Å². The van der Waals surface area contributed by atoms with Gasteiger partial charge in [0.15, 0.2) is 18.1 Å². The molecule has 0 atom stereocenters. The van der Waals surface area contributed by atoms with E-state index in [9.17, 15) is 9.90 Å². The van der Waals surface area contributed by atoms with Crippen LogP contribution in [0.4, 0.5) is 0 Å². The third kappa shape index (κ3) is 5.25. The van der Waals surface area contributed by atoms with Gasteiger partial charge in [0.25, 0.3) is 5.91 Å². The summed E-state index contributed by atoms with van der Waals surface area (Å²) in [5.41, 5.74) is 1.86. The van der Waals surface area contributed by atoms with Crippen LogP contribution >= 0.6 is 15.9 Å². The van der Waals surface area contributed by atoms with E-state index < -0.39 is 0 Å². The lowest BCUT2D eigenvalue weighted by atomic mass is 10.1. The molecule has 128 valence electrons. The number of methoxy groups -OCH3 is 1. The Bertz CT molecular complexity index is 676. The van der Waals surface area contributed by atoms with E-state index in [1.807, 2.05) is 30.3 Å². The standard InChI is InChI=1S/C18H20BrNO4/c1-23-16-10-14(11-21)9-15(19)18(16)24-12-17(22)20-8-7-13-5-3-2-4-6-13/h2-6,9-10,21H,7-8,11-12H2,1H3,(H,20,22). The van der Waals surface area contributed by atoms with Gasteiger partial charge in [0, 0.05) is 6.54 Å². The minimum atomic E-state index is -0.203. The van der Waals surface area contributed by atoms with Crippen molar-refractivity contribution in [3.8, 4) is 11.5 Å². The van der Waals surface area contributed by atoms with Crippen LogP contribution in [-0.4, -0.2) is 31.3 Å². The van der Waals surface area contributed by atoms with E-state index in [0.29, 0.717) is 28.1 Å². The largest absolute Gasteiger partial charge is 0.493 e. The minimum absolute atomic E-state index is 0.102. The molecule has 6 heteroatoms. The van der Waals surface area contributed by atoms with Gasteiger partial charge >= 0.3 is 0 Å². The maximum atomic E-state index is 11.9. The number of amides is 1. The molecular weight excluding hydrogens is 374 g/mol. The maximum absolute atomic E-state index is 11.9. The van der Waals surface area contributed by atoms with Crippen LogP contribution in [-0.2, 0) is 17.8 Å².